The minimum Gasteiger partial charge on any atom is -0.394 e. The Bertz CT molecular complexity index is 1380. The van der Waals surface area contributed by atoms with E-state index >= 15 is 0 Å². The smallest absolute Gasteiger partial charge is 0.187 e. The van der Waals surface area contributed by atoms with Gasteiger partial charge in [0.15, 0.2) is 12.6 Å². The summed E-state index contributed by atoms with van der Waals surface area (Å²) in [5.74, 6) is 1.14. The highest BCUT2D eigenvalue weighted by Gasteiger charge is 2.70. The Morgan fingerprint density at radius 3 is 1.91 bits per heavy atom. The standard InChI is InChI=1S/C42H70O12/c1-21(2)10-9-11-22(3)23-12-16-42(8)30(23)24(45)18-28-40(6)15-14-29(39(4,5)27(40)13-17-41(28,42)7)53-38-36(34(49)32(47)26(20-44)52-38)54-37-35(50)33(48)31(46)25(19-43)51-37/h10-11,23-38,43-50H,9,12-20H2,1-8H3. The fraction of sp³-hybridized carbons (Fsp3) is 0.905. The third kappa shape index (κ3) is 6.89. The van der Waals surface area contributed by atoms with Crippen molar-refractivity contribution in [2.24, 2.45) is 45.3 Å². The Hall–Kier alpha value is -1.00. The lowest BCUT2D eigenvalue weighted by atomic mass is 9.35. The Labute approximate surface area is 321 Å². The van der Waals surface area contributed by atoms with Crippen LogP contribution in [0.1, 0.15) is 107 Å². The number of hydrogen-bond acceptors (Lipinski definition) is 12. The van der Waals surface area contributed by atoms with Gasteiger partial charge in [0.1, 0.15) is 48.8 Å². The van der Waals surface area contributed by atoms with E-state index in [1.54, 1.807) is 0 Å². The molecule has 19 unspecified atom stereocenters. The molecule has 0 aromatic carbocycles. The predicted molar refractivity (Wildman–Crippen MR) is 199 cm³/mol. The fourth-order valence-corrected chi connectivity index (χ4v) is 12.9. The van der Waals surface area contributed by atoms with Crippen LogP contribution in [0.3, 0.4) is 0 Å². The van der Waals surface area contributed by atoms with Crippen molar-refractivity contribution in [2.75, 3.05) is 13.2 Å². The predicted octanol–water partition coefficient (Wildman–Crippen LogP) is 2.95. The van der Waals surface area contributed by atoms with Crippen molar-refractivity contribution in [3.8, 4) is 0 Å². The summed E-state index contributed by atoms with van der Waals surface area (Å²) in [4.78, 5) is 0. The summed E-state index contributed by atoms with van der Waals surface area (Å²) in [6.45, 7) is 17.1. The van der Waals surface area contributed by atoms with Crippen molar-refractivity contribution < 1.29 is 59.8 Å². The topological polar surface area (TPSA) is 199 Å². The lowest BCUT2D eigenvalue weighted by Gasteiger charge is -2.70. The van der Waals surface area contributed by atoms with Crippen molar-refractivity contribution in [2.45, 2.75) is 180 Å². The largest absolute Gasteiger partial charge is 0.394 e. The number of ether oxygens (including phenoxy) is 4. The molecular weight excluding hydrogens is 696 g/mol. The number of aliphatic hydroxyl groups is 8. The van der Waals surface area contributed by atoms with E-state index in [4.69, 9.17) is 18.9 Å². The van der Waals surface area contributed by atoms with Crippen LogP contribution in [-0.2, 0) is 18.9 Å². The zero-order valence-electron chi connectivity index (χ0n) is 33.7. The lowest BCUT2D eigenvalue weighted by Crippen LogP contribution is -2.67. The SMILES string of the molecule is CC(C)=CCC=C(C)C1CCC2(C)C1C(O)CC1C3(C)CCC(OC4OC(CO)C(O)C(O)C4OC4OC(CO)C(O)C(O)C4O)C(C)(C)C3CCC12C. The molecule has 54 heavy (non-hydrogen) atoms. The Morgan fingerprint density at radius 1 is 0.667 bits per heavy atom. The third-order valence-electron chi connectivity index (χ3n) is 16.1. The van der Waals surface area contributed by atoms with E-state index in [9.17, 15) is 40.9 Å². The van der Waals surface area contributed by atoms with Gasteiger partial charge in [-0.15, -0.1) is 0 Å². The number of fused-ring (bicyclic) bond motifs is 5. The first-order valence-corrected chi connectivity index (χ1v) is 20.5. The van der Waals surface area contributed by atoms with Gasteiger partial charge in [-0.3, -0.25) is 0 Å². The first-order chi connectivity index (χ1) is 25.3. The van der Waals surface area contributed by atoms with Gasteiger partial charge in [0.2, 0.25) is 0 Å². The maximum absolute atomic E-state index is 12.1. The van der Waals surface area contributed by atoms with Gasteiger partial charge in [-0.2, -0.15) is 0 Å². The molecule has 0 spiro atoms. The van der Waals surface area contributed by atoms with Crippen LogP contribution in [0.2, 0.25) is 0 Å². The Kier molecular flexibility index (Phi) is 12.3. The minimum absolute atomic E-state index is 0.00171. The summed E-state index contributed by atoms with van der Waals surface area (Å²) in [7, 11) is 0. The Morgan fingerprint density at radius 2 is 1.28 bits per heavy atom. The van der Waals surface area contributed by atoms with Crippen molar-refractivity contribution in [1.82, 2.24) is 0 Å². The van der Waals surface area contributed by atoms with Gasteiger partial charge >= 0.3 is 0 Å². The van der Waals surface area contributed by atoms with E-state index in [0.717, 1.165) is 44.9 Å². The van der Waals surface area contributed by atoms with Crippen molar-refractivity contribution >= 4 is 0 Å². The molecule has 0 radical (unpaired) electrons. The molecule has 6 aliphatic rings. The Balaban J connectivity index is 1.23. The van der Waals surface area contributed by atoms with E-state index in [2.05, 4.69) is 67.5 Å². The molecule has 0 bridgehead atoms. The third-order valence-corrected chi connectivity index (χ3v) is 16.1. The molecule has 12 heteroatoms. The van der Waals surface area contributed by atoms with Gasteiger partial charge in [0, 0.05) is 0 Å². The van der Waals surface area contributed by atoms with Gasteiger partial charge in [0.25, 0.3) is 0 Å². The molecule has 6 rings (SSSR count). The summed E-state index contributed by atoms with van der Waals surface area (Å²) < 4.78 is 24.4. The van der Waals surface area contributed by atoms with Crippen molar-refractivity contribution in [3.05, 3.63) is 23.3 Å². The van der Waals surface area contributed by atoms with Crippen LogP contribution in [0.15, 0.2) is 23.3 Å². The van der Waals surface area contributed by atoms with E-state index in [-0.39, 0.29) is 40.3 Å². The van der Waals surface area contributed by atoms with Gasteiger partial charge in [-0.1, -0.05) is 57.9 Å². The second-order valence-corrected chi connectivity index (χ2v) is 19.4. The van der Waals surface area contributed by atoms with E-state index in [0.29, 0.717) is 18.3 Å². The molecule has 2 aliphatic heterocycles. The monoisotopic (exact) mass is 766 g/mol. The zero-order valence-corrected chi connectivity index (χ0v) is 33.7. The number of hydrogen-bond donors (Lipinski definition) is 8. The maximum atomic E-state index is 12.1. The molecule has 2 saturated heterocycles. The average Bonchev–Trinajstić information content (AvgIpc) is 3.49. The highest BCUT2D eigenvalue weighted by molar-refractivity contribution is 5.23. The van der Waals surface area contributed by atoms with Crippen LogP contribution in [0, 0.1) is 45.3 Å². The summed E-state index contributed by atoms with van der Waals surface area (Å²) in [6.07, 6.45) is -3.65. The normalized spacial score (nSPS) is 51.9. The molecule has 4 saturated carbocycles. The summed E-state index contributed by atoms with van der Waals surface area (Å²) in [5.41, 5.74) is 2.29. The van der Waals surface area contributed by atoms with Crippen molar-refractivity contribution in [1.29, 1.82) is 0 Å². The van der Waals surface area contributed by atoms with E-state index < -0.39 is 80.0 Å². The van der Waals surface area contributed by atoms with Crippen LogP contribution >= 0.6 is 0 Å². The summed E-state index contributed by atoms with van der Waals surface area (Å²) in [6, 6.07) is 0. The molecule has 0 aromatic rings. The molecule has 2 heterocycles. The number of rotatable bonds is 9. The molecule has 6 fully saturated rings. The van der Waals surface area contributed by atoms with Crippen molar-refractivity contribution in [3.63, 3.8) is 0 Å². The van der Waals surface area contributed by atoms with Crippen LogP contribution in [0.5, 0.6) is 0 Å². The minimum atomic E-state index is -1.74. The summed E-state index contributed by atoms with van der Waals surface area (Å²) >= 11 is 0. The van der Waals surface area contributed by atoms with Gasteiger partial charge in [0.05, 0.1) is 25.4 Å². The summed E-state index contributed by atoms with van der Waals surface area (Å²) in [5, 5.41) is 85.4. The van der Waals surface area contributed by atoms with Crippen LogP contribution in [0.4, 0.5) is 0 Å². The second-order valence-electron chi connectivity index (χ2n) is 19.4. The lowest BCUT2D eigenvalue weighted by molar-refractivity contribution is -0.378. The average molecular weight is 767 g/mol. The van der Waals surface area contributed by atoms with Crippen LogP contribution < -0.4 is 0 Å². The van der Waals surface area contributed by atoms with Gasteiger partial charge < -0.3 is 59.8 Å². The maximum Gasteiger partial charge on any atom is 0.187 e. The van der Waals surface area contributed by atoms with E-state index in [1.807, 2.05) is 0 Å². The van der Waals surface area contributed by atoms with Crippen LogP contribution in [-0.4, -0.2) is 128 Å². The van der Waals surface area contributed by atoms with Gasteiger partial charge in [-0.05, 0) is 117 Å². The highest BCUT2D eigenvalue weighted by Crippen LogP contribution is 2.75. The molecule has 8 N–H and O–H groups in total. The zero-order chi connectivity index (χ0) is 39.7. The molecule has 12 nitrogen and oxygen atoms in total. The highest BCUT2D eigenvalue weighted by atomic mass is 16.8. The second kappa shape index (κ2) is 15.6. The quantitative estimate of drug-likeness (QED) is 0.126. The molecular formula is C42H70O12. The number of aliphatic hydroxyl groups excluding tert-OH is 8. The molecule has 0 amide bonds. The first-order valence-electron chi connectivity index (χ1n) is 20.5. The molecule has 0 aromatic heterocycles. The fourth-order valence-electron chi connectivity index (χ4n) is 12.9. The van der Waals surface area contributed by atoms with Gasteiger partial charge in [-0.25, -0.2) is 0 Å². The number of allylic oxidation sites excluding steroid dienone is 4. The van der Waals surface area contributed by atoms with E-state index in [1.165, 1.54) is 11.1 Å². The molecule has 19 atom stereocenters. The van der Waals surface area contributed by atoms with Crippen LogP contribution in [0.25, 0.3) is 0 Å². The molecule has 310 valence electrons. The first kappa shape index (κ1) is 42.6. The molecule has 4 aliphatic carbocycles.